The van der Waals surface area contributed by atoms with E-state index in [1.807, 2.05) is 0 Å². The summed E-state index contributed by atoms with van der Waals surface area (Å²) in [5, 5.41) is 0. The molecule has 0 nitrogen and oxygen atoms in total. The predicted molar refractivity (Wildman–Crippen MR) is 53.2 cm³/mol. The van der Waals surface area contributed by atoms with Crippen LogP contribution in [0.4, 0.5) is 0 Å². The highest BCUT2D eigenvalue weighted by atomic mass is 14.5. The number of hydrogen-bond acceptors (Lipinski definition) is 0. The van der Waals surface area contributed by atoms with Gasteiger partial charge in [-0.3, -0.25) is 0 Å². The molecular weight excluding hydrogens is 144 g/mol. The zero-order chi connectivity index (χ0) is 8.66. The molecule has 0 bridgehead atoms. The fourth-order valence-electron chi connectivity index (χ4n) is 3.52. The van der Waals surface area contributed by atoms with Gasteiger partial charge in [0.25, 0.3) is 0 Å². The molecule has 2 rings (SSSR count). The Bertz CT molecular complexity index is 161. The van der Waals surface area contributed by atoms with E-state index in [9.17, 15) is 0 Å². The molecule has 0 aromatic carbocycles. The quantitative estimate of drug-likeness (QED) is 0.507. The first-order valence-electron chi connectivity index (χ1n) is 5.62. The van der Waals surface area contributed by atoms with Crippen molar-refractivity contribution in [1.82, 2.24) is 0 Å². The first kappa shape index (κ1) is 8.59. The molecule has 2 aliphatic carbocycles. The molecule has 0 N–H and O–H groups in total. The smallest absolute Gasteiger partial charge is 0.0292 e. The lowest BCUT2D eigenvalue weighted by Gasteiger charge is -2.34. The van der Waals surface area contributed by atoms with Crippen molar-refractivity contribution in [2.45, 2.75) is 65.2 Å². The van der Waals surface area contributed by atoms with E-state index in [2.05, 4.69) is 13.8 Å². The first-order valence-corrected chi connectivity index (χ1v) is 5.62. The van der Waals surface area contributed by atoms with E-state index in [1.165, 1.54) is 51.4 Å². The third-order valence-electron chi connectivity index (χ3n) is 4.10. The average molecular weight is 166 g/mol. The van der Waals surface area contributed by atoms with Crippen molar-refractivity contribution in [3.05, 3.63) is 0 Å². The van der Waals surface area contributed by atoms with Crippen molar-refractivity contribution in [3.63, 3.8) is 0 Å². The van der Waals surface area contributed by atoms with Gasteiger partial charge < -0.3 is 0 Å². The zero-order valence-corrected chi connectivity index (χ0v) is 8.66. The van der Waals surface area contributed by atoms with Crippen LogP contribution in [-0.2, 0) is 0 Å². The molecule has 0 aliphatic heterocycles. The summed E-state index contributed by atoms with van der Waals surface area (Å²) in [6, 6.07) is 0. The van der Waals surface area contributed by atoms with Crippen molar-refractivity contribution in [3.8, 4) is 0 Å². The number of rotatable bonds is 0. The topological polar surface area (TPSA) is 0 Å². The Morgan fingerprint density at radius 3 is 1.92 bits per heavy atom. The van der Waals surface area contributed by atoms with Crippen LogP contribution in [0.1, 0.15) is 65.2 Å². The van der Waals surface area contributed by atoms with E-state index >= 15 is 0 Å². The third kappa shape index (κ3) is 1.53. The summed E-state index contributed by atoms with van der Waals surface area (Å²) in [6.07, 6.45) is 12.1. The van der Waals surface area contributed by atoms with Gasteiger partial charge in [-0.25, -0.2) is 0 Å². The minimum Gasteiger partial charge on any atom is -0.0599 e. The molecule has 12 heavy (non-hydrogen) atoms. The van der Waals surface area contributed by atoms with Crippen LogP contribution in [0.3, 0.4) is 0 Å². The van der Waals surface area contributed by atoms with E-state index in [0.29, 0.717) is 5.41 Å². The van der Waals surface area contributed by atoms with Gasteiger partial charge >= 0.3 is 0 Å². The summed E-state index contributed by atoms with van der Waals surface area (Å²) in [4.78, 5) is 0. The van der Waals surface area contributed by atoms with E-state index in [-0.39, 0.29) is 0 Å². The van der Waals surface area contributed by atoms with Gasteiger partial charge in [-0.15, -0.1) is 0 Å². The van der Waals surface area contributed by atoms with Crippen molar-refractivity contribution < 1.29 is 0 Å². The molecule has 2 aliphatic rings. The van der Waals surface area contributed by atoms with Gasteiger partial charge in [0, 0.05) is 0 Å². The molecule has 0 heteroatoms. The Labute approximate surface area is 76.7 Å². The highest BCUT2D eigenvalue weighted by Crippen LogP contribution is 2.55. The minimum absolute atomic E-state index is 0.664. The molecule has 0 unspecified atom stereocenters. The fourth-order valence-corrected chi connectivity index (χ4v) is 3.52. The van der Waals surface area contributed by atoms with Gasteiger partial charge in [0.1, 0.15) is 0 Å². The molecule has 0 saturated heterocycles. The highest BCUT2D eigenvalue weighted by molar-refractivity contribution is 4.94. The highest BCUT2D eigenvalue weighted by Gasteiger charge is 2.42. The van der Waals surface area contributed by atoms with Gasteiger partial charge in [0.2, 0.25) is 0 Å². The summed E-state index contributed by atoms with van der Waals surface area (Å²) in [6.45, 7) is 4.91. The Morgan fingerprint density at radius 2 is 1.42 bits per heavy atom. The summed E-state index contributed by atoms with van der Waals surface area (Å²) < 4.78 is 0. The van der Waals surface area contributed by atoms with Gasteiger partial charge in [0.15, 0.2) is 0 Å². The molecule has 0 atom stereocenters. The molecule has 0 aromatic heterocycles. The second-order valence-corrected chi connectivity index (χ2v) is 5.90. The maximum Gasteiger partial charge on any atom is -0.0292 e. The number of hydrogen-bond donors (Lipinski definition) is 0. The van der Waals surface area contributed by atoms with Crippen LogP contribution >= 0.6 is 0 Å². The van der Waals surface area contributed by atoms with Gasteiger partial charge in [0.05, 0.1) is 0 Å². The van der Waals surface area contributed by atoms with Crippen LogP contribution in [0.15, 0.2) is 0 Å². The second kappa shape index (κ2) is 2.75. The van der Waals surface area contributed by atoms with Gasteiger partial charge in [-0.05, 0) is 42.9 Å². The molecular formula is C12H22. The summed E-state index contributed by atoms with van der Waals surface area (Å²) in [5.74, 6) is 0. The summed E-state index contributed by atoms with van der Waals surface area (Å²) in [5.41, 5.74) is 1.47. The summed E-state index contributed by atoms with van der Waals surface area (Å²) >= 11 is 0. The van der Waals surface area contributed by atoms with Crippen LogP contribution in [0.2, 0.25) is 0 Å². The van der Waals surface area contributed by atoms with Gasteiger partial charge in [-0.1, -0.05) is 33.1 Å². The standard InChI is InChI=1S/C12H22/c1-11(2)8-9-12(10-11)6-4-3-5-7-12/h3-10H2,1-2H3. The van der Waals surface area contributed by atoms with E-state index < -0.39 is 0 Å². The van der Waals surface area contributed by atoms with E-state index in [4.69, 9.17) is 0 Å². The second-order valence-electron chi connectivity index (χ2n) is 5.90. The fraction of sp³-hybridized carbons (Fsp3) is 1.00. The molecule has 70 valence electrons. The molecule has 0 radical (unpaired) electrons. The first-order chi connectivity index (χ1) is 5.62. The lowest BCUT2D eigenvalue weighted by Crippen LogP contribution is -2.21. The van der Waals surface area contributed by atoms with Crippen LogP contribution < -0.4 is 0 Å². The lowest BCUT2D eigenvalue weighted by molar-refractivity contribution is 0.175. The average Bonchev–Trinajstić information content (AvgIpc) is 2.29. The Hall–Kier alpha value is 0. The van der Waals surface area contributed by atoms with Crippen molar-refractivity contribution in [2.24, 2.45) is 10.8 Å². The predicted octanol–water partition coefficient (Wildman–Crippen LogP) is 4.15. The monoisotopic (exact) mass is 166 g/mol. The minimum atomic E-state index is 0.664. The molecule has 0 aromatic rings. The largest absolute Gasteiger partial charge is 0.0599 e. The normalized spacial score (nSPS) is 32.5. The lowest BCUT2D eigenvalue weighted by atomic mass is 9.71. The molecule has 1 spiro atoms. The van der Waals surface area contributed by atoms with E-state index in [1.54, 1.807) is 0 Å². The third-order valence-corrected chi connectivity index (χ3v) is 4.10. The summed E-state index contributed by atoms with van der Waals surface area (Å²) in [7, 11) is 0. The van der Waals surface area contributed by atoms with Crippen molar-refractivity contribution >= 4 is 0 Å². The molecule has 0 amide bonds. The molecule has 2 saturated carbocycles. The Morgan fingerprint density at radius 1 is 0.750 bits per heavy atom. The maximum absolute atomic E-state index is 2.45. The SMILES string of the molecule is CC1(C)CCC2(CCCCC2)C1. The van der Waals surface area contributed by atoms with E-state index in [0.717, 1.165) is 5.41 Å². The Kier molecular flexibility index (Phi) is 1.97. The molecule has 2 fully saturated rings. The van der Waals surface area contributed by atoms with Crippen LogP contribution in [0, 0.1) is 10.8 Å². The van der Waals surface area contributed by atoms with Gasteiger partial charge in [-0.2, -0.15) is 0 Å². The zero-order valence-electron chi connectivity index (χ0n) is 8.66. The van der Waals surface area contributed by atoms with Crippen LogP contribution in [0.25, 0.3) is 0 Å². The van der Waals surface area contributed by atoms with Crippen molar-refractivity contribution in [1.29, 1.82) is 0 Å². The van der Waals surface area contributed by atoms with Crippen LogP contribution in [-0.4, -0.2) is 0 Å². The maximum atomic E-state index is 2.45. The molecule has 0 heterocycles. The van der Waals surface area contributed by atoms with Crippen LogP contribution in [0.5, 0.6) is 0 Å². The Balaban J connectivity index is 2.03. The van der Waals surface area contributed by atoms with Crippen molar-refractivity contribution in [2.75, 3.05) is 0 Å².